The van der Waals surface area contributed by atoms with Gasteiger partial charge in [-0.25, -0.2) is 4.98 Å². The maximum absolute atomic E-state index is 5.11. The number of rotatable bonds is 0. The summed E-state index contributed by atoms with van der Waals surface area (Å²) in [4.78, 5) is 5.11. The van der Waals surface area contributed by atoms with Gasteiger partial charge in [0.1, 0.15) is 0 Å². The lowest BCUT2D eigenvalue weighted by Crippen LogP contribution is -1.84. The second kappa shape index (κ2) is 4.89. The van der Waals surface area contributed by atoms with Crippen LogP contribution in [0.4, 0.5) is 0 Å². The molecule has 3 nitrogen and oxygen atoms in total. The monoisotopic (exact) mass is 381 g/mol. The molecule has 0 unspecified atom stereocenters. The van der Waals surface area contributed by atoms with Crippen molar-refractivity contribution < 1.29 is 0 Å². The fraction of sp³-hybridized carbons (Fsp3) is 0. The normalized spacial score (nSPS) is 12.7. The molecule has 0 saturated heterocycles. The number of nitrogens with zero attached hydrogens (tertiary/aromatic N) is 3. The molecule has 8 aromatic rings. The minimum Gasteiger partial charge on any atom is -0.277 e. The molecular weight excluding hydrogens is 366 g/mol. The van der Waals surface area contributed by atoms with Gasteiger partial charge in [-0.2, -0.15) is 0 Å². The Balaban J connectivity index is 1.68. The Morgan fingerprint density at radius 2 is 1.17 bits per heavy atom. The van der Waals surface area contributed by atoms with E-state index < -0.39 is 0 Å². The maximum Gasteiger partial charge on any atom is 0.220 e. The molecule has 0 bridgehead atoms. The summed E-state index contributed by atoms with van der Waals surface area (Å²) in [6, 6.07) is 32.8. The molecule has 0 spiro atoms. The van der Waals surface area contributed by atoms with Crippen LogP contribution >= 0.6 is 0 Å². The van der Waals surface area contributed by atoms with E-state index in [1.807, 2.05) is 0 Å². The lowest BCUT2D eigenvalue weighted by atomic mass is 10.1. The van der Waals surface area contributed by atoms with E-state index in [0.717, 1.165) is 16.8 Å². The van der Waals surface area contributed by atoms with Gasteiger partial charge in [-0.1, -0.05) is 60.7 Å². The highest BCUT2D eigenvalue weighted by Gasteiger charge is 2.20. The molecule has 30 heavy (non-hydrogen) atoms. The molecule has 0 atom stereocenters. The van der Waals surface area contributed by atoms with Crippen molar-refractivity contribution in [3.63, 3.8) is 0 Å². The minimum absolute atomic E-state index is 0.983. The van der Waals surface area contributed by atoms with Crippen molar-refractivity contribution in [3.8, 4) is 0 Å². The van der Waals surface area contributed by atoms with E-state index in [4.69, 9.17) is 4.98 Å². The number of hydrogen-bond acceptors (Lipinski definition) is 1. The van der Waals surface area contributed by atoms with Gasteiger partial charge in [-0.15, -0.1) is 0 Å². The standard InChI is InChI=1S/C27H15N3/c1-3-8-18-14-24-21(12-16(18)6-1)20-10-5-11-23-26(20)30(24)27-28-22-13-17-7-2-4-9-19(17)15-25(22)29(23)27/h1-15H. The fourth-order valence-electron chi connectivity index (χ4n) is 5.26. The Morgan fingerprint density at radius 3 is 1.93 bits per heavy atom. The second-order valence-corrected chi connectivity index (χ2v) is 8.16. The molecule has 0 N–H and O–H groups in total. The summed E-state index contributed by atoms with van der Waals surface area (Å²) in [5.74, 6) is 0.983. The third-order valence-electron chi connectivity index (χ3n) is 6.58. The molecule has 0 amide bonds. The Kier molecular flexibility index (Phi) is 2.42. The Labute approximate surface area is 170 Å². The predicted octanol–water partition coefficient (Wildman–Crippen LogP) is 6.79. The maximum atomic E-state index is 5.11. The lowest BCUT2D eigenvalue weighted by molar-refractivity contribution is 1.22. The molecule has 0 radical (unpaired) electrons. The third-order valence-corrected chi connectivity index (χ3v) is 6.58. The van der Waals surface area contributed by atoms with Crippen LogP contribution in [0.25, 0.3) is 65.7 Å². The fourth-order valence-corrected chi connectivity index (χ4v) is 5.26. The SMILES string of the molecule is c1ccc2cc3c(cc2c1)nc1n3c2cccc3c4cc5ccccc5cc4n1c32. The summed E-state index contributed by atoms with van der Waals surface area (Å²) in [6.07, 6.45) is 0. The van der Waals surface area contributed by atoms with Crippen molar-refractivity contribution in [2.45, 2.75) is 0 Å². The van der Waals surface area contributed by atoms with Gasteiger partial charge < -0.3 is 0 Å². The third kappa shape index (κ3) is 1.62. The number of fused-ring (bicyclic) bond motifs is 10. The summed E-state index contributed by atoms with van der Waals surface area (Å²) in [7, 11) is 0. The summed E-state index contributed by atoms with van der Waals surface area (Å²) < 4.78 is 4.66. The van der Waals surface area contributed by atoms with E-state index in [-0.39, 0.29) is 0 Å². The molecule has 3 heteroatoms. The first-order valence-electron chi connectivity index (χ1n) is 10.2. The summed E-state index contributed by atoms with van der Waals surface area (Å²) in [5.41, 5.74) is 5.87. The number of para-hydroxylation sites is 1. The molecule has 8 rings (SSSR count). The summed E-state index contributed by atoms with van der Waals surface area (Å²) >= 11 is 0. The van der Waals surface area contributed by atoms with Crippen molar-refractivity contribution in [1.29, 1.82) is 0 Å². The van der Waals surface area contributed by atoms with Crippen LogP contribution in [0.3, 0.4) is 0 Å². The second-order valence-electron chi connectivity index (χ2n) is 8.16. The van der Waals surface area contributed by atoms with E-state index in [1.54, 1.807) is 0 Å². The molecule has 0 aliphatic rings. The molecule has 3 heterocycles. The van der Waals surface area contributed by atoms with Crippen molar-refractivity contribution in [3.05, 3.63) is 91.0 Å². The van der Waals surface area contributed by atoms with Crippen LogP contribution in [-0.2, 0) is 0 Å². The molecule has 138 valence electrons. The van der Waals surface area contributed by atoms with Crippen LogP contribution in [0, 0.1) is 0 Å². The van der Waals surface area contributed by atoms with Gasteiger partial charge in [-0.05, 0) is 51.9 Å². The van der Waals surface area contributed by atoms with Crippen LogP contribution in [0.15, 0.2) is 91.0 Å². The number of benzene rings is 5. The smallest absolute Gasteiger partial charge is 0.220 e. The van der Waals surface area contributed by atoms with Crippen molar-refractivity contribution >= 4 is 65.7 Å². The Bertz CT molecular complexity index is 1950. The van der Waals surface area contributed by atoms with Crippen LogP contribution in [0.5, 0.6) is 0 Å². The molecule has 0 fully saturated rings. The Morgan fingerprint density at radius 1 is 0.500 bits per heavy atom. The Hall–Kier alpha value is -4.11. The highest BCUT2D eigenvalue weighted by atomic mass is 15.2. The highest BCUT2D eigenvalue weighted by molar-refractivity contribution is 6.18. The van der Waals surface area contributed by atoms with Gasteiger partial charge in [0.25, 0.3) is 0 Å². The largest absolute Gasteiger partial charge is 0.277 e. The number of hydrogen-bond donors (Lipinski definition) is 0. The van der Waals surface area contributed by atoms with Gasteiger partial charge in [0, 0.05) is 10.8 Å². The van der Waals surface area contributed by atoms with Gasteiger partial charge in [-0.3, -0.25) is 8.80 Å². The van der Waals surface area contributed by atoms with Crippen molar-refractivity contribution in [2.24, 2.45) is 0 Å². The average molecular weight is 381 g/mol. The van der Waals surface area contributed by atoms with Gasteiger partial charge in [0.15, 0.2) is 0 Å². The molecule has 3 aromatic heterocycles. The van der Waals surface area contributed by atoms with E-state index in [1.165, 1.54) is 48.9 Å². The van der Waals surface area contributed by atoms with Gasteiger partial charge in [0.2, 0.25) is 5.78 Å². The highest BCUT2D eigenvalue weighted by Crippen LogP contribution is 2.38. The first-order chi connectivity index (χ1) is 14.9. The molecule has 0 aliphatic heterocycles. The zero-order valence-electron chi connectivity index (χ0n) is 16.0. The first-order valence-corrected chi connectivity index (χ1v) is 10.2. The number of imidazole rings is 2. The van der Waals surface area contributed by atoms with E-state index >= 15 is 0 Å². The van der Waals surface area contributed by atoms with Gasteiger partial charge >= 0.3 is 0 Å². The minimum atomic E-state index is 0.983. The van der Waals surface area contributed by atoms with Crippen LogP contribution in [-0.4, -0.2) is 13.8 Å². The van der Waals surface area contributed by atoms with Crippen LogP contribution in [0.2, 0.25) is 0 Å². The summed E-state index contributed by atoms with van der Waals surface area (Å²) in [6.45, 7) is 0. The quantitative estimate of drug-likeness (QED) is 0.283. The first kappa shape index (κ1) is 14.8. The van der Waals surface area contributed by atoms with Gasteiger partial charge in [0.05, 0.1) is 27.6 Å². The molecule has 5 aromatic carbocycles. The van der Waals surface area contributed by atoms with Crippen molar-refractivity contribution in [1.82, 2.24) is 13.8 Å². The van der Waals surface area contributed by atoms with Crippen molar-refractivity contribution in [2.75, 3.05) is 0 Å². The number of aromatic nitrogens is 3. The predicted molar refractivity (Wildman–Crippen MR) is 125 cm³/mol. The molecule has 0 saturated carbocycles. The zero-order chi connectivity index (χ0) is 19.4. The summed E-state index contributed by atoms with van der Waals surface area (Å²) in [5, 5.41) is 7.57. The average Bonchev–Trinajstić information content (AvgIpc) is 3.41. The van der Waals surface area contributed by atoms with E-state index in [0.29, 0.717) is 0 Å². The molecule has 0 aliphatic carbocycles. The lowest BCUT2D eigenvalue weighted by Gasteiger charge is -2.00. The zero-order valence-corrected chi connectivity index (χ0v) is 16.0. The van der Waals surface area contributed by atoms with E-state index in [9.17, 15) is 0 Å². The van der Waals surface area contributed by atoms with Crippen LogP contribution < -0.4 is 0 Å². The van der Waals surface area contributed by atoms with E-state index in [2.05, 4.69) is 99.8 Å². The van der Waals surface area contributed by atoms with Crippen LogP contribution in [0.1, 0.15) is 0 Å². The molecular formula is C27H15N3. The topological polar surface area (TPSA) is 21.7 Å².